The molecule has 0 saturated heterocycles. The van der Waals surface area contributed by atoms with Crippen LogP contribution in [0.15, 0.2) is 65.7 Å². The molecule has 0 fully saturated rings. The van der Waals surface area contributed by atoms with E-state index in [1.165, 1.54) is 43.6 Å². The van der Waals surface area contributed by atoms with Gasteiger partial charge in [-0.1, -0.05) is 12.1 Å². The fraction of sp³-hybridized carbons (Fsp3) is 0.115. The highest BCUT2D eigenvalue weighted by molar-refractivity contribution is 7.91. The van der Waals surface area contributed by atoms with E-state index in [2.05, 4.69) is 15.3 Å². The molecule has 2 heterocycles. The molecule has 4 rings (SSSR count). The second kappa shape index (κ2) is 10.0. The van der Waals surface area contributed by atoms with E-state index in [0.717, 1.165) is 18.2 Å². The molecule has 2 aromatic heterocycles. The molecule has 1 atom stereocenters. The zero-order valence-corrected chi connectivity index (χ0v) is 20.8. The van der Waals surface area contributed by atoms with Crippen molar-refractivity contribution in [1.82, 2.24) is 9.97 Å². The number of ether oxygens (including phenoxy) is 1. The molecule has 0 aliphatic carbocycles. The van der Waals surface area contributed by atoms with E-state index in [9.17, 15) is 22.2 Å². The number of rotatable bonds is 6. The lowest BCUT2D eigenvalue weighted by Crippen LogP contribution is -2.16. The van der Waals surface area contributed by atoms with Crippen molar-refractivity contribution < 1.29 is 26.9 Å². The van der Waals surface area contributed by atoms with Crippen LogP contribution in [0.25, 0.3) is 11.1 Å². The SMILES string of the molecule is Cc1nc(F)ccc1Oc1ncc(-c2ccc(F)c(F)c2)c(C)c1C(=O)Nc1cccc([S@](C)(=N)=O)c1. The molecular formula is C26H21F3N4O3S. The quantitative estimate of drug-likeness (QED) is 0.289. The lowest BCUT2D eigenvalue weighted by Gasteiger charge is -2.17. The Morgan fingerprint density at radius 1 is 1.03 bits per heavy atom. The lowest BCUT2D eigenvalue weighted by molar-refractivity contribution is 0.102. The maximum Gasteiger partial charge on any atom is 0.261 e. The Hall–Kier alpha value is -4.25. The first kappa shape index (κ1) is 25.8. The predicted molar refractivity (Wildman–Crippen MR) is 133 cm³/mol. The van der Waals surface area contributed by atoms with Gasteiger partial charge in [0.05, 0.1) is 15.4 Å². The molecule has 0 aliphatic rings. The van der Waals surface area contributed by atoms with E-state index < -0.39 is 33.2 Å². The average molecular weight is 527 g/mol. The summed E-state index contributed by atoms with van der Waals surface area (Å²) in [5.74, 6) is -3.43. The molecule has 0 saturated carbocycles. The molecule has 11 heteroatoms. The van der Waals surface area contributed by atoms with E-state index >= 15 is 0 Å². The van der Waals surface area contributed by atoms with Gasteiger partial charge in [-0.15, -0.1) is 0 Å². The molecule has 190 valence electrons. The number of aryl methyl sites for hydroxylation is 1. The summed E-state index contributed by atoms with van der Waals surface area (Å²) in [5, 5.41) is 2.68. The molecule has 0 aliphatic heterocycles. The van der Waals surface area contributed by atoms with Crippen LogP contribution in [0.5, 0.6) is 11.6 Å². The van der Waals surface area contributed by atoms with E-state index in [-0.39, 0.29) is 39.0 Å². The summed E-state index contributed by atoms with van der Waals surface area (Å²) >= 11 is 0. The standard InChI is InChI=1S/C26H21F3N4O3S/c1-14-19(16-7-8-20(27)21(28)11-16)13-31-26(36-22-9-10-23(29)32-15(22)2)24(14)25(34)33-17-5-4-6-18(12-17)37(3,30)35/h4-13,30H,1-3H3,(H,33,34)/t37-/m1/s1. The fourth-order valence-electron chi connectivity index (χ4n) is 3.62. The Bertz CT molecular complexity index is 1640. The van der Waals surface area contributed by atoms with E-state index in [1.807, 2.05) is 0 Å². The minimum absolute atomic E-state index is 0.0283. The normalized spacial score (nSPS) is 12.6. The van der Waals surface area contributed by atoms with Gasteiger partial charge in [0.15, 0.2) is 17.4 Å². The molecule has 2 aromatic carbocycles. The Labute approximate surface area is 211 Å². The van der Waals surface area contributed by atoms with Crippen molar-refractivity contribution in [3.63, 3.8) is 0 Å². The van der Waals surface area contributed by atoms with Crippen LogP contribution in [0.4, 0.5) is 18.9 Å². The van der Waals surface area contributed by atoms with E-state index in [0.29, 0.717) is 11.1 Å². The minimum Gasteiger partial charge on any atom is -0.436 e. The second-order valence-electron chi connectivity index (χ2n) is 8.25. The smallest absolute Gasteiger partial charge is 0.261 e. The van der Waals surface area contributed by atoms with Gasteiger partial charge in [0.1, 0.15) is 5.56 Å². The molecule has 2 N–H and O–H groups in total. The van der Waals surface area contributed by atoms with Crippen molar-refractivity contribution >= 4 is 21.3 Å². The first-order chi connectivity index (χ1) is 17.4. The molecule has 7 nitrogen and oxygen atoms in total. The number of nitrogens with one attached hydrogen (secondary N) is 2. The molecule has 0 bridgehead atoms. The summed E-state index contributed by atoms with van der Waals surface area (Å²) < 4.78 is 66.7. The number of carbonyl (C=O) groups excluding carboxylic acids is 1. The summed E-state index contributed by atoms with van der Waals surface area (Å²) in [6, 6.07) is 11.8. The Kier molecular flexibility index (Phi) is 6.99. The highest BCUT2D eigenvalue weighted by Crippen LogP contribution is 2.34. The van der Waals surface area contributed by atoms with Crippen LogP contribution in [0.2, 0.25) is 0 Å². The first-order valence-electron chi connectivity index (χ1n) is 10.9. The summed E-state index contributed by atoms with van der Waals surface area (Å²) in [6.45, 7) is 3.12. The highest BCUT2D eigenvalue weighted by atomic mass is 32.2. The van der Waals surface area contributed by atoms with Crippen LogP contribution in [0, 0.1) is 36.2 Å². The minimum atomic E-state index is -3.03. The molecule has 1 amide bonds. The average Bonchev–Trinajstić information content (AvgIpc) is 2.82. The van der Waals surface area contributed by atoms with Gasteiger partial charge in [0.2, 0.25) is 11.8 Å². The zero-order chi connectivity index (χ0) is 26.9. The van der Waals surface area contributed by atoms with Crippen LogP contribution < -0.4 is 10.1 Å². The predicted octanol–water partition coefficient (Wildman–Crippen LogP) is 6.26. The number of anilines is 1. The number of benzene rings is 2. The van der Waals surface area contributed by atoms with Gasteiger partial charge in [-0.3, -0.25) is 4.79 Å². The third-order valence-electron chi connectivity index (χ3n) is 5.51. The maximum absolute atomic E-state index is 13.9. The number of hydrogen-bond acceptors (Lipinski definition) is 6. The van der Waals surface area contributed by atoms with Crippen molar-refractivity contribution in [3.05, 3.63) is 95.2 Å². The van der Waals surface area contributed by atoms with Gasteiger partial charge in [-0.2, -0.15) is 4.39 Å². The van der Waals surface area contributed by atoms with Crippen LogP contribution in [-0.4, -0.2) is 26.3 Å². The van der Waals surface area contributed by atoms with Crippen LogP contribution in [0.1, 0.15) is 21.6 Å². The van der Waals surface area contributed by atoms with Gasteiger partial charge in [0.25, 0.3) is 5.91 Å². The zero-order valence-electron chi connectivity index (χ0n) is 19.9. The monoisotopic (exact) mass is 526 g/mol. The van der Waals surface area contributed by atoms with Gasteiger partial charge >= 0.3 is 0 Å². The maximum atomic E-state index is 13.9. The van der Waals surface area contributed by atoms with Crippen LogP contribution in [-0.2, 0) is 9.73 Å². The lowest BCUT2D eigenvalue weighted by atomic mass is 9.98. The third-order valence-corrected chi connectivity index (χ3v) is 6.67. The van der Waals surface area contributed by atoms with Gasteiger partial charge < -0.3 is 10.1 Å². The van der Waals surface area contributed by atoms with E-state index in [4.69, 9.17) is 9.52 Å². The highest BCUT2D eigenvalue weighted by Gasteiger charge is 2.23. The number of amides is 1. The van der Waals surface area contributed by atoms with Crippen LogP contribution >= 0.6 is 0 Å². The van der Waals surface area contributed by atoms with Crippen molar-refractivity contribution in [2.75, 3.05) is 11.6 Å². The summed E-state index contributed by atoms with van der Waals surface area (Å²) in [6.07, 6.45) is 2.62. The molecule has 37 heavy (non-hydrogen) atoms. The summed E-state index contributed by atoms with van der Waals surface area (Å²) in [7, 11) is -3.03. The van der Waals surface area contributed by atoms with Crippen molar-refractivity contribution in [1.29, 1.82) is 4.78 Å². The Balaban J connectivity index is 1.82. The molecule has 4 aromatic rings. The molecular weight excluding hydrogens is 505 g/mol. The third kappa shape index (κ3) is 5.61. The molecule has 0 radical (unpaired) electrons. The topological polar surface area (TPSA) is 105 Å². The number of carbonyl (C=O) groups is 1. The number of nitrogens with zero attached hydrogens (tertiary/aromatic N) is 2. The number of hydrogen-bond donors (Lipinski definition) is 2. The van der Waals surface area contributed by atoms with Gasteiger partial charge in [-0.25, -0.2) is 27.7 Å². The van der Waals surface area contributed by atoms with Crippen molar-refractivity contribution in [2.45, 2.75) is 18.7 Å². The number of pyridine rings is 2. The van der Waals surface area contributed by atoms with Gasteiger partial charge in [0, 0.05) is 28.6 Å². The fourth-order valence-corrected chi connectivity index (χ4v) is 4.31. The second-order valence-corrected chi connectivity index (χ2v) is 10.4. The number of aromatic nitrogens is 2. The number of halogens is 3. The molecule has 0 spiro atoms. The first-order valence-corrected chi connectivity index (χ1v) is 12.8. The largest absolute Gasteiger partial charge is 0.436 e. The van der Waals surface area contributed by atoms with E-state index in [1.54, 1.807) is 19.1 Å². The van der Waals surface area contributed by atoms with Crippen molar-refractivity contribution in [2.24, 2.45) is 0 Å². The summed E-state index contributed by atoms with van der Waals surface area (Å²) in [4.78, 5) is 21.7. The summed E-state index contributed by atoms with van der Waals surface area (Å²) in [5.41, 5.74) is 1.44. The van der Waals surface area contributed by atoms with Crippen LogP contribution in [0.3, 0.4) is 0 Å². The molecule has 0 unspecified atom stereocenters. The van der Waals surface area contributed by atoms with Gasteiger partial charge in [-0.05, 0) is 67.4 Å². The Morgan fingerprint density at radius 2 is 1.78 bits per heavy atom. The Morgan fingerprint density at radius 3 is 2.46 bits per heavy atom. The van der Waals surface area contributed by atoms with Crippen molar-refractivity contribution in [3.8, 4) is 22.8 Å².